The van der Waals surface area contributed by atoms with Crippen molar-refractivity contribution in [3.05, 3.63) is 0 Å². The smallest absolute Gasteiger partial charge is 0.136 e. The minimum absolute atomic E-state index is 0.256. The number of fused-ring (bicyclic) bond motifs is 8. The summed E-state index contributed by atoms with van der Waals surface area (Å²) in [7, 11) is 0. The minimum atomic E-state index is -0.500. The fourth-order valence-electron chi connectivity index (χ4n) is 10.8. The predicted molar refractivity (Wildman–Crippen MR) is 123 cm³/mol. The van der Waals surface area contributed by atoms with Crippen molar-refractivity contribution >= 4 is 5.78 Å². The van der Waals surface area contributed by atoms with E-state index in [1.54, 1.807) is 4.90 Å². The molecule has 3 heteroatoms. The highest BCUT2D eigenvalue weighted by atomic mass is 16.3. The molecule has 0 bridgehead atoms. The molecular weight excluding hydrogens is 382 g/mol. The quantitative estimate of drug-likeness (QED) is 0.617. The van der Waals surface area contributed by atoms with Crippen molar-refractivity contribution in [3.63, 3.8) is 0 Å². The van der Waals surface area contributed by atoms with Gasteiger partial charge in [0.05, 0.1) is 13.1 Å². The third-order valence-electron chi connectivity index (χ3n) is 12.3. The van der Waals surface area contributed by atoms with Crippen LogP contribution in [0, 0.1) is 58.7 Å². The summed E-state index contributed by atoms with van der Waals surface area (Å²) in [5.74, 6) is 6.55. The standard InChI is InChI=1S/C28H45NO2/c1-16-9-10-27(3)23-12-19-18(20(23)13-25(30)24(27)11-16)6-7-22-21(19)15-29-14-17(2)5-8-26(29)28(22,4)31/h16-24,26,31H,5-15H2,1-4H3/p+1/t16-,17-,18-,19+,20-,21+,22+,23+,24+,26+,27+,28-/m0/s1. The van der Waals surface area contributed by atoms with Gasteiger partial charge in [-0.1, -0.05) is 27.2 Å². The first-order chi connectivity index (χ1) is 14.7. The van der Waals surface area contributed by atoms with Gasteiger partial charge < -0.3 is 10.0 Å². The van der Waals surface area contributed by atoms with E-state index in [1.165, 1.54) is 58.0 Å². The molecule has 2 saturated heterocycles. The van der Waals surface area contributed by atoms with Crippen LogP contribution in [0.15, 0.2) is 0 Å². The van der Waals surface area contributed by atoms with Gasteiger partial charge in [0, 0.05) is 36.5 Å². The molecule has 31 heavy (non-hydrogen) atoms. The van der Waals surface area contributed by atoms with E-state index >= 15 is 0 Å². The molecule has 0 aromatic rings. The maximum Gasteiger partial charge on any atom is 0.136 e. The van der Waals surface area contributed by atoms with Crippen LogP contribution in [-0.2, 0) is 4.79 Å². The van der Waals surface area contributed by atoms with Crippen molar-refractivity contribution < 1.29 is 14.8 Å². The van der Waals surface area contributed by atoms with Gasteiger partial charge in [-0.25, -0.2) is 0 Å². The van der Waals surface area contributed by atoms with Crippen molar-refractivity contribution in [1.29, 1.82) is 0 Å². The molecule has 2 aliphatic heterocycles. The Morgan fingerprint density at radius 3 is 2.45 bits per heavy atom. The summed E-state index contributed by atoms with van der Waals surface area (Å²) >= 11 is 0. The number of piperidine rings is 2. The molecule has 174 valence electrons. The molecule has 6 rings (SSSR count). The van der Waals surface area contributed by atoms with Gasteiger partial charge in [-0.3, -0.25) is 4.79 Å². The highest BCUT2D eigenvalue weighted by molar-refractivity contribution is 5.83. The fourth-order valence-corrected chi connectivity index (χ4v) is 10.8. The minimum Gasteiger partial charge on any atom is -0.384 e. The second-order valence-corrected chi connectivity index (χ2v) is 13.8. The number of carbonyl (C=O) groups is 1. The summed E-state index contributed by atoms with van der Waals surface area (Å²) in [4.78, 5) is 15.1. The number of Topliss-reactive ketones (excluding diaryl/α,β-unsaturated/α-hetero) is 1. The van der Waals surface area contributed by atoms with E-state index in [-0.39, 0.29) is 5.41 Å². The van der Waals surface area contributed by atoms with Gasteiger partial charge in [0.2, 0.25) is 0 Å². The van der Waals surface area contributed by atoms with Crippen molar-refractivity contribution in [2.45, 2.75) is 97.1 Å². The average molecular weight is 429 g/mol. The predicted octanol–water partition coefficient (Wildman–Crippen LogP) is 3.74. The number of hydrogen-bond acceptors (Lipinski definition) is 2. The number of quaternary nitrogens is 1. The highest BCUT2D eigenvalue weighted by Gasteiger charge is 2.65. The van der Waals surface area contributed by atoms with Crippen molar-refractivity contribution in [2.75, 3.05) is 13.1 Å². The molecule has 4 saturated carbocycles. The van der Waals surface area contributed by atoms with E-state index in [2.05, 4.69) is 27.7 Å². The van der Waals surface area contributed by atoms with Crippen LogP contribution in [-0.4, -0.2) is 35.6 Å². The number of nitrogens with one attached hydrogen (secondary N) is 1. The fraction of sp³-hybridized carbons (Fsp3) is 0.964. The second kappa shape index (κ2) is 7.05. The molecule has 0 amide bonds. The third-order valence-corrected chi connectivity index (χ3v) is 12.3. The summed E-state index contributed by atoms with van der Waals surface area (Å²) in [6, 6.07) is 0.452. The van der Waals surface area contributed by atoms with Crippen LogP contribution in [0.4, 0.5) is 0 Å². The largest absolute Gasteiger partial charge is 0.384 e. The van der Waals surface area contributed by atoms with Crippen molar-refractivity contribution in [1.82, 2.24) is 0 Å². The van der Waals surface area contributed by atoms with E-state index in [0.29, 0.717) is 35.5 Å². The van der Waals surface area contributed by atoms with Crippen molar-refractivity contribution in [3.8, 4) is 0 Å². The Hall–Kier alpha value is -0.410. The zero-order valence-electron chi connectivity index (χ0n) is 20.4. The van der Waals surface area contributed by atoms with E-state index in [9.17, 15) is 9.90 Å². The molecule has 0 aromatic heterocycles. The molecule has 0 spiro atoms. The van der Waals surface area contributed by atoms with Gasteiger partial charge in [-0.15, -0.1) is 0 Å². The van der Waals surface area contributed by atoms with Crippen LogP contribution >= 0.6 is 0 Å². The van der Waals surface area contributed by atoms with Crippen LogP contribution in [0.2, 0.25) is 0 Å². The molecule has 3 nitrogen and oxygen atoms in total. The van der Waals surface area contributed by atoms with E-state index in [4.69, 9.17) is 0 Å². The summed E-state index contributed by atoms with van der Waals surface area (Å²) in [6.07, 6.45) is 10.9. The van der Waals surface area contributed by atoms with Crippen LogP contribution in [0.25, 0.3) is 0 Å². The Morgan fingerprint density at radius 1 is 0.839 bits per heavy atom. The van der Waals surface area contributed by atoms with Crippen LogP contribution in [0.5, 0.6) is 0 Å². The molecular formula is C28H46NO2+. The number of aliphatic hydroxyl groups is 1. The molecule has 1 unspecified atom stereocenters. The third kappa shape index (κ3) is 2.94. The SMILES string of the molecule is C[C@H]1CC[C@@]2(C)[C@H](C1)C(=O)C[C@H]1[C@H]3CC[C@@H]4[C@H](C[NH+]5C[C@@H](C)CC[C@@H]5[C@@]4(C)O)[C@@H]3C[C@H]12. The maximum absolute atomic E-state index is 13.4. The van der Waals surface area contributed by atoms with Gasteiger partial charge >= 0.3 is 0 Å². The zero-order chi connectivity index (χ0) is 21.7. The molecule has 13 atom stereocenters. The summed E-state index contributed by atoms with van der Waals surface area (Å²) in [6.45, 7) is 12.0. The van der Waals surface area contributed by atoms with Crippen LogP contribution in [0.1, 0.15) is 85.5 Å². The Kier molecular flexibility index (Phi) is 4.81. The van der Waals surface area contributed by atoms with E-state index < -0.39 is 5.60 Å². The lowest BCUT2D eigenvalue weighted by Crippen LogP contribution is -3.21. The number of rotatable bonds is 0. The topological polar surface area (TPSA) is 41.7 Å². The summed E-state index contributed by atoms with van der Waals surface area (Å²) in [5, 5.41) is 11.9. The van der Waals surface area contributed by atoms with Crippen LogP contribution in [0.3, 0.4) is 0 Å². The first-order valence-electron chi connectivity index (χ1n) is 13.8. The van der Waals surface area contributed by atoms with Gasteiger partial charge in [-0.05, 0) is 80.5 Å². The normalized spacial score (nSPS) is 60.9. The number of hydrogen-bond donors (Lipinski definition) is 2. The van der Waals surface area contributed by atoms with Gasteiger partial charge in [-0.2, -0.15) is 0 Å². The van der Waals surface area contributed by atoms with Gasteiger partial charge in [0.15, 0.2) is 0 Å². The summed E-state index contributed by atoms with van der Waals surface area (Å²) < 4.78 is 0. The number of ketones is 1. The monoisotopic (exact) mass is 428 g/mol. The lowest BCUT2D eigenvalue weighted by molar-refractivity contribution is -0.953. The maximum atomic E-state index is 13.4. The van der Waals surface area contributed by atoms with Gasteiger partial charge in [0.25, 0.3) is 0 Å². The highest BCUT2D eigenvalue weighted by Crippen LogP contribution is 2.66. The first-order valence-corrected chi connectivity index (χ1v) is 13.8. The molecule has 2 heterocycles. The Morgan fingerprint density at radius 2 is 1.65 bits per heavy atom. The molecule has 6 fully saturated rings. The molecule has 6 aliphatic rings. The first kappa shape index (κ1) is 21.1. The zero-order valence-corrected chi connectivity index (χ0v) is 20.4. The van der Waals surface area contributed by atoms with E-state index in [1.807, 2.05) is 0 Å². The molecule has 2 N–H and O–H groups in total. The Bertz CT molecular complexity index is 747. The second-order valence-electron chi connectivity index (χ2n) is 13.8. The lowest BCUT2D eigenvalue weighted by Gasteiger charge is -2.57. The molecule has 0 radical (unpaired) electrons. The Labute approximate surface area is 189 Å². The van der Waals surface area contributed by atoms with E-state index in [0.717, 1.165) is 42.4 Å². The average Bonchev–Trinajstić information content (AvgIpc) is 3.09. The number of carbonyl (C=O) groups excluding carboxylic acids is 1. The molecule has 0 aromatic carbocycles. The van der Waals surface area contributed by atoms with Crippen LogP contribution < -0.4 is 4.90 Å². The Balaban J connectivity index is 1.31. The van der Waals surface area contributed by atoms with Gasteiger partial charge in [0.1, 0.15) is 17.4 Å². The molecule has 4 aliphatic carbocycles. The summed E-state index contributed by atoms with van der Waals surface area (Å²) in [5.41, 5.74) is -0.245. The van der Waals surface area contributed by atoms with Crippen molar-refractivity contribution in [2.24, 2.45) is 58.7 Å². The lowest BCUT2D eigenvalue weighted by atomic mass is 9.51.